The Balaban J connectivity index is 2.27. The molecule has 0 fully saturated rings. The lowest BCUT2D eigenvalue weighted by Crippen LogP contribution is -2.32. The van der Waals surface area contributed by atoms with Gasteiger partial charge in [-0.1, -0.05) is 37.6 Å². The van der Waals surface area contributed by atoms with Gasteiger partial charge in [-0.2, -0.15) is 4.31 Å². The number of sulfonamides is 1. The lowest BCUT2D eigenvalue weighted by atomic mass is 10.2. The standard InChI is InChI=1S/C20H25ClN2O3S/c1-4-11-23(12-5-2)27(25,26)18-8-6-7-16(13-18)20(24)22-17-10-9-15(3)19(21)14-17/h6-10,13-14H,4-5,11-12H2,1-3H3,(H,22,24). The normalized spacial score (nSPS) is 11.6. The lowest BCUT2D eigenvalue weighted by Gasteiger charge is -2.21. The van der Waals surface area contributed by atoms with Crippen molar-refractivity contribution in [2.24, 2.45) is 0 Å². The summed E-state index contributed by atoms with van der Waals surface area (Å²) >= 11 is 6.09. The van der Waals surface area contributed by atoms with E-state index in [9.17, 15) is 13.2 Å². The predicted octanol–water partition coefficient (Wildman–Crippen LogP) is 4.71. The third-order valence-electron chi connectivity index (χ3n) is 4.11. The highest BCUT2D eigenvalue weighted by atomic mass is 35.5. The predicted molar refractivity (Wildman–Crippen MR) is 110 cm³/mol. The minimum Gasteiger partial charge on any atom is -0.322 e. The van der Waals surface area contributed by atoms with Gasteiger partial charge in [-0.15, -0.1) is 0 Å². The first-order valence-corrected chi connectivity index (χ1v) is 10.8. The highest BCUT2D eigenvalue weighted by molar-refractivity contribution is 7.89. The van der Waals surface area contributed by atoms with Crippen molar-refractivity contribution in [2.45, 2.75) is 38.5 Å². The van der Waals surface area contributed by atoms with Crippen molar-refractivity contribution < 1.29 is 13.2 Å². The average molecular weight is 409 g/mol. The number of carbonyl (C=O) groups is 1. The zero-order valence-electron chi connectivity index (χ0n) is 15.8. The van der Waals surface area contributed by atoms with Gasteiger partial charge in [0, 0.05) is 29.4 Å². The Morgan fingerprint density at radius 3 is 2.33 bits per heavy atom. The van der Waals surface area contributed by atoms with Crippen LogP contribution in [0.5, 0.6) is 0 Å². The molecule has 5 nitrogen and oxygen atoms in total. The molecule has 2 aromatic rings. The molecule has 0 bridgehead atoms. The fraction of sp³-hybridized carbons (Fsp3) is 0.350. The first-order chi connectivity index (χ1) is 12.8. The maximum absolute atomic E-state index is 12.9. The summed E-state index contributed by atoms with van der Waals surface area (Å²) in [4.78, 5) is 12.7. The number of hydrogen-bond donors (Lipinski definition) is 1. The summed E-state index contributed by atoms with van der Waals surface area (Å²) < 4.78 is 27.3. The second kappa shape index (κ2) is 9.35. The molecule has 1 N–H and O–H groups in total. The Labute approximate surface area is 166 Å². The molecule has 2 aromatic carbocycles. The van der Waals surface area contributed by atoms with Gasteiger partial charge in [0.15, 0.2) is 0 Å². The number of benzene rings is 2. The molecule has 0 aliphatic rings. The molecule has 0 atom stereocenters. The van der Waals surface area contributed by atoms with Gasteiger partial charge in [-0.25, -0.2) is 8.42 Å². The van der Waals surface area contributed by atoms with E-state index < -0.39 is 10.0 Å². The molecule has 0 aromatic heterocycles. The second-order valence-corrected chi connectivity index (χ2v) is 8.70. The molecule has 0 unspecified atom stereocenters. The first kappa shape index (κ1) is 21.4. The van der Waals surface area contributed by atoms with Crippen molar-refractivity contribution in [2.75, 3.05) is 18.4 Å². The van der Waals surface area contributed by atoms with Gasteiger partial charge in [0.05, 0.1) is 4.90 Å². The van der Waals surface area contributed by atoms with Gasteiger partial charge < -0.3 is 5.32 Å². The van der Waals surface area contributed by atoms with Crippen LogP contribution >= 0.6 is 11.6 Å². The summed E-state index contributed by atoms with van der Waals surface area (Å²) in [6.07, 6.45) is 1.46. The quantitative estimate of drug-likeness (QED) is 0.687. The van der Waals surface area contributed by atoms with E-state index in [4.69, 9.17) is 11.6 Å². The van der Waals surface area contributed by atoms with E-state index in [1.807, 2.05) is 26.8 Å². The number of rotatable bonds is 8. The second-order valence-electron chi connectivity index (χ2n) is 6.35. The highest BCUT2D eigenvalue weighted by Gasteiger charge is 2.24. The fourth-order valence-electron chi connectivity index (χ4n) is 2.67. The lowest BCUT2D eigenvalue weighted by molar-refractivity contribution is 0.102. The first-order valence-electron chi connectivity index (χ1n) is 8.97. The number of nitrogens with one attached hydrogen (secondary N) is 1. The summed E-state index contributed by atoms with van der Waals surface area (Å²) in [5.74, 6) is -0.385. The van der Waals surface area contributed by atoms with Crippen molar-refractivity contribution in [3.8, 4) is 0 Å². The Morgan fingerprint density at radius 2 is 1.74 bits per heavy atom. The Hall–Kier alpha value is -1.89. The van der Waals surface area contributed by atoms with Crippen LogP contribution in [0, 0.1) is 6.92 Å². The summed E-state index contributed by atoms with van der Waals surface area (Å²) in [6, 6.07) is 11.3. The molecule has 27 heavy (non-hydrogen) atoms. The van der Waals surface area contributed by atoms with Crippen molar-refractivity contribution in [1.29, 1.82) is 0 Å². The number of carbonyl (C=O) groups excluding carboxylic acids is 1. The van der Waals surface area contributed by atoms with Gasteiger partial charge in [0.1, 0.15) is 0 Å². The van der Waals surface area contributed by atoms with Crippen LogP contribution in [0.25, 0.3) is 0 Å². The average Bonchev–Trinajstić information content (AvgIpc) is 2.64. The van der Waals surface area contributed by atoms with Crippen molar-refractivity contribution >= 4 is 33.2 Å². The molecule has 146 valence electrons. The monoisotopic (exact) mass is 408 g/mol. The maximum Gasteiger partial charge on any atom is 0.255 e. The third-order valence-corrected chi connectivity index (χ3v) is 6.41. The molecule has 0 aliphatic carbocycles. The van der Waals surface area contributed by atoms with Crippen LogP contribution < -0.4 is 5.32 Å². The minimum absolute atomic E-state index is 0.124. The summed E-state index contributed by atoms with van der Waals surface area (Å²) in [5.41, 5.74) is 1.75. The molecule has 1 amide bonds. The topological polar surface area (TPSA) is 66.5 Å². The van der Waals surface area contributed by atoms with Crippen LogP contribution in [0.15, 0.2) is 47.4 Å². The van der Waals surface area contributed by atoms with Gasteiger partial charge in [-0.05, 0) is 55.7 Å². The molecule has 0 aliphatic heterocycles. The van der Waals surface area contributed by atoms with Gasteiger partial charge >= 0.3 is 0 Å². The van der Waals surface area contributed by atoms with E-state index in [2.05, 4.69) is 5.32 Å². The van der Waals surface area contributed by atoms with E-state index in [0.717, 1.165) is 18.4 Å². The smallest absolute Gasteiger partial charge is 0.255 e. The van der Waals surface area contributed by atoms with Gasteiger partial charge in [-0.3, -0.25) is 4.79 Å². The van der Waals surface area contributed by atoms with Crippen LogP contribution in [-0.4, -0.2) is 31.7 Å². The molecular formula is C20H25ClN2O3S. The van der Waals surface area contributed by atoms with Crippen LogP contribution in [0.4, 0.5) is 5.69 Å². The molecule has 7 heteroatoms. The number of aryl methyl sites for hydroxylation is 1. The molecule has 0 saturated heterocycles. The van der Waals surface area contributed by atoms with E-state index in [-0.39, 0.29) is 16.4 Å². The molecule has 0 saturated carbocycles. The number of nitrogens with zero attached hydrogens (tertiary/aromatic N) is 1. The molecule has 0 radical (unpaired) electrons. The van der Waals surface area contributed by atoms with Gasteiger partial charge in [0.2, 0.25) is 10.0 Å². The number of anilines is 1. The van der Waals surface area contributed by atoms with Crippen molar-refractivity contribution in [1.82, 2.24) is 4.31 Å². The summed E-state index contributed by atoms with van der Waals surface area (Å²) in [7, 11) is -3.63. The van der Waals surface area contributed by atoms with Crippen LogP contribution in [-0.2, 0) is 10.0 Å². The SMILES string of the molecule is CCCN(CCC)S(=O)(=O)c1cccc(C(=O)Nc2ccc(C)c(Cl)c2)c1. The summed E-state index contributed by atoms with van der Waals surface area (Å²) in [6.45, 7) is 6.66. The van der Waals surface area contributed by atoms with E-state index in [0.29, 0.717) is 23.8 Å². The summed E-state index contributed by atoms with van der Waals surface area (Å²) in [5, 5.41) is 3.31. The minimum atomic E-state index is -3.63. The number of hydrogen-bond acceptors (Lipinski definition) is 3. The van der Waals surface area contributed by atoms with E-state index in [1.54, 1.807) is 24.3 Å². The van der Waals surface area contributed by atoms with Gasteiger partial charge in [0.25, 0.3) is 5.91 Å². The van der Waals surface area contributed by atoms with Crippen LogP contribution in [0.1, 0.15) is 42.6 Å². The molecule has 0 spiro atoms. The molecule has 2 rings (SSSR count). The van der Waals surface area contributed by atoms with E-state index in [1.165, 1.54) is 16.4 Å². The highest BCUT2D eigenvalue weighted by Crippen LogP contribution is 2.22. The van der Waals surface area contributed by atoms with Crippen LogP contribution in [0.2, 0.25) is 5.02 Å². The third kappa shape index (κ3) is 5.31. The Kier molecular flexibility index (Phi) is 7.41. The molecule has 0 heterocycles. The Bertz CT molecular complexity index is 907. The largest absolute Gasteiger partial charge is 0.322 e. The fourth-order valence-corrected chi connectivity index (χ4v) is 4.52. The number of amides is 1. The molecular weight excluding hydrogens is 384 g/mol. The van der Waals surface area contributed by atoms with Crippen molar-refractivity contribution in [3.63, 3.8) is 0 Å². The zero-order valence-corrected chi connectivity index (χ0v) is 17.4. The van der Waals surface area contributed by atoms with Crippen molar-refractivity contribution in [3.05, 3.63) is 58.6 Å². The van der Waals surface area contributed by atoms with E-state index >= 15 is 0 Å². The maximum atomic E-state index is 12.9. The number of halogens is 1. The Morgan fingerprint density at radius 1 is 1.07 bits per heavy atom. The van der Waals surface area contributed by atoms with Crippen LogP contribution in [0.3, 0.4) is 0 Å². The zero-order chi connectivity index (χ0) is 20.0.